The second-order valence-corrected chi connectivity index (χ2v) is 6.27. The van der Waals surface area contributed by atoms with Crippen LogP contribution in [0.2, 0.25) is 0 Å². The molecule has 0 amide bonds. The first-order chi connectivity index (χ1) is 13.2. The van der Waals surface area contributed by atoms with E-state index in [-0.39, 0.29) is 18.1 Å². The van der Waals surface area contributed by atoms with Crippen molar-refractivity contribution in [3.05, 3.63) is 60.0 Å². The summed E-state index contributed by atoms with van der Waals surface area (Å²) in [6, 6.07) is 14.4. The van der Waals surface area contributed by atoms with Crippen LogP contribution in [0.5, 0.6) is 17.2 Å². The van der Waals surface area contributed by atoms with Crippen molar-refractivity contribution in [2.75, 3.05) is 20.0 Å². The molecule has 0 aliphatic rings. The van der Waals surface area contributed by atoms with Gasteiger partial charge in [0.2, 0.25) is 0 Å². The van der Waals surface area contributed by atoms with Crippen molar-refractivity contribution in [1.29, 1.82) is 0 Å². The molecule has 0 atom stereocenters. The Bertz CT molecular complexity index is 898. The van der Waals surface area contributed by atoms with E-state index in [0.29, 0.717) is 33.9 Å². The minimum atomic E-state index is -0.129. The van der Waals surface area contributed by atoms with Crippen LogP contribution in [0.4, 0.5) is 0 Å². The highest BCUT2D eigenvalue weighted by Crippen LogP contribution is 2.27. The van der Waals surface area contributed by atoms with Crippen LogP contribution in [0.25, 0.3) is 0 Å². The van der Waals surface area contributed by atoms with Crippen molar-refractivity contribution in [3.8, 4) is 17.2 Å². The van der Waals surface area contributed by atoms with Gasteiger partial charge in [0.15, 0.2) is 12.4 Å². The van der Waals surface area contributed by atoms with E-state index >= 15 is 0 Å². The summed E-state index contributed by atoms with van der Waals surface area (Å²) in [7, 11) is 3.06. The van der Waals surface area contributed by atoms with Crippen LogP contribution in [0.1, 0.15) is 16.2 Å². The fourth-order valence-corrected chi connectivity index (χ4v) is 2.92. The van der Waals surface area contributed by atoms with Crippen molar-refractivity contribution >= 4 is 17.5 Å². The minimum Gasteiger partial charge on any atom is -0.497 e. The Kier molecular flexibility index (Phi) is 6.32. The number of para-hydroxylation sites is 1. The van der Waals surface area contributed by atoms with Crippen LogP contribution in [0, 0.1) is 0 Å². The van der Waals surface area contributed by atoms with Crippen molar-refractivity contribution in [3.63, 3.8) is 0 Å². The lowest BCUT2D eigenvalue weighted by molar-refractivity contribution is 0.101. The number of nitrogens with zero attached hydrogens (tertiary/aromatic N) is 2. The largest absolute Gasteiger partial charge is 0.497 e. The second kappa shape index (κ2) is 9.09. The highest BCUT2D eigenvalue weighted by atomic mass is 32.2. The summed E-state index contributed by atoms with van der Waals surface area (Å²) in [5.74, 6) is 2.13. The minimum absolute atomic E-state index is 0.129. The molecule has 0 fully saturated rings. The van der Waals surface area contributed by atoms with E-state index in [9.17, 15) is 4.79 Å². The van der Waals surface area contributed by atoms with Crippen LogP contribution in [0.3, 0.4) is 0 Å². The number of hydrogen-bond donors (Lipinski definition) is 0. The Balaban J connectivity index is 1.57. The molecule has 3 aromatic rings. The van der Waals surface area contributed by atoms with Crippen LogP contribution in [-0.4, -0.2) is 36.0 Å². The van der Waals surface area contributed by atoms with Crippen LogP contribution in [-0.2, 0) is 6.61 Å². The van der Waals surface area contributed by atoms with Crippen LogP contribution < -0.4 is 14.2 Å². The summed E-state index contributed by atoms with van der Waals surface area (Å²) in [4.78, 5) is 12.5. The summed E-state index contributed by atoms with van der Waals surface area (Å²) >= 11 is 1.16. The van der Waals surface area contributed by atoms with Crippen molar-refractivity contribution < 1.29 is 23.4 Å². The van der Waals surface area contributed by atoms with Gasteiger partial charge in [0, 0.05) is 0 Å². The van der Waals surface area contributed by atoms with Gasteiger partial charge in [-0.3, -0.25) is 4.79 Å². The number of thioether (sulfide) groups is 1. The van der Waals surface area contributed by atoms with Gasteiger partial charge in [0.25, 0.3) is 11.1 Å². The molecular weight excluding hydrogens is 368 g/mol. The van der Waals surface area contributed by atoms with Gasteiger partial charge in [0.05, 0.1) is 25.5 Å². The van der Waals surface area contributed by atoms with E-state index in [4.69, 9.17) is 18.6 Å². The predicted molar refractivity (Wildman–Crippen MR) is 99.7 cm³/mol. The van der Waals surface area contributed by atoms with E-state index in [1.807, 2.05) is 30.3 Å². The van der Waals surface area contributed by atoms with Gasteiger partial charge in [-0.05, 0) is 30.3 Å². The molecule has 0 N–H and O–H groups in total. The van der Waals surface area contributed by atoms with Gasteiger partial charge >= 0.3 is 0 Å². The summed E-state index contributed by atoms with van der Waals surface area (Å²) in [6.07, 6.45) is 0. The number of ketones is 1. The summed E-state index contributed by atoms with van der Waals surface area (Å²) < 4.78 is 21.5. The lowest BCUT2D eigenvalue weighted by atomic mass is 10.1. The number of aromatic nitrogens is 2. The number of Topliss-reactive ketones (excluding diaryl/α,β-unsaturated/α-hetero) is 1. The molecule has 0 radical (unpaired) electrons. The molecule has 140 valence electrons. The maximum absolute atomic E-state index is 12.5. The highest BCUT2D eigenvalue weighted by molar-refractivity contribution is 7.99. The fraction of sp³-hybridized carbons (Fsp3) is 0.211. The van der Waals surface area contributed by atoms with E-state index in [0.717, 1.165) is 11.8 Å². The summed E-state index contributed by atoms with van der Waals surface area (Å²) in [6.45, 7) is 0.162. The van der Waals surface area contributed by atoms with E-state index in [1.165, 1.54) is 7.11 Å². The lowest BCUT2D eigenvalue weighted by Crippen LogP contribution is -2.05. The monoisotopic (exact) mass is 386 g/mol. The molecule has 0 saturated heterocycles. The van der Waals surface area contributed by atoms with Crippen molar-refractivity contribution in [1.82, 2.24) is 10.2 Å². The molecule has 0 aliphatic carbocycles. The Morgan fingerprint density at radius 3 is 2.59 bits per heavy atom. The average molecular weight is 386 g/mol. The topological polar surface area (TPSA) is 83.7 Å². The molecule has 27 heavy (non-hydrogen) atoms. The average Bonchev–Trinajstić information content (AvgIpc) is 3.18. The molecule has 3 rings (SSSR count). The number of carbonyl (C=O) groups excluding carboxylic acids is 1. The maximum Gasteiger partial charge on any atom is 0.277 e. The molecule has 0 unspecified atom stereocenters. The van der Waals surface area contributed by atoms with Gasteiger partial charge in [-0.15, -0.1) is 10.2 Å². The molecule has 8 heteroatoms. The Morgan fingerprint density at radius 2 is 1.85 bits per heavy atom. The van der Waals surface area contributed by atoms with Crippen molar-refractivity contribution in [2.24, 2.45) is 0 Å². The third-order valence-electron chi connectivity index (χ3n) is 3.59. The molecule has 0 aliphatic heterocycles. The highest BCUT2D eigenvalue weighted by Gasteiger charge is 2.16. The second-order valence-electron chi connectivity index (χ2n) is 5.34. The summed E-state index contributed by atoms with van der Waals surface area (Å²) in [5.41, 5.74) is 0.441. The number of ether oxygens (including phenoxy) is 3. The first-order valence-electron chi connectivity index (χ1n) is 8.08. The molecule has 1 heterocycles. The number of rotatable bonds is 9. The van der Waals surface area contributed by atoms with E-state index in [1.54, 1.807) is 25.3 Å². The van der Waals surface area contributed by atoms with Crippen molar-refractivity contribution in [2.45, 2.75) is 11.8 Å². The quantitative estimate of drug-likeness (QED) is 0.407. The van der Waals surface area contributed by atoms with Gasteiger partial charge < -0.3 is 18.6 Å². The van der Waals surface area contributed by atoms with Gasteiger partial charge in [-0.25, -0.2) is 0 Å². The Hall–Kier alpha value is -3.00. The molecule has 1 aromatic heterocycles. The van der Waals surface area contributed by atoms with Gasteiger partial charge in [-0.2, -0.15) is 0 Å². The third kappa shape index (κ3) is 5.01. The molecule has 2 aromatic carbocycles. The number of carbonyl (C=O) groups is 1. The zero-order valence-electron chi connectivity index (χ0n) is 14.9. The molecule has 0 bridgehead atoms. The maximum atomic E-state index is 12.5. The Morgan fingerprint density at radius 1 is 1.04 bits per heavy atom. The van der Waals surface area contributed by atoms with E-state index < -0.39 is 0 Å². The van der Waals surface area contributed by atoms with Gasteiger partial charge in [0.1, 0.15) is 17.2 Å². The third-order valence-corrected chi connectivity index (χ3v) is 4.41. The summed E-state index contributed by atoms with van der Waals surface area (Å²) in [5, 5.41) is 8.16. The molecular formula is C19H18N2O5S. The smallest absolute Gasteiger partial charge is 0.277 e. The first-order valence-corrected chi connectivity index (χ1v) is 9.06. The molecule has 0 spiro atoms. The zero-order chi connectivity index (χ0) is 19.1. The lowest BCUT2D eigenvalue weighted by Gasteiger charge is -2.08. The van der Waals surface area contributed by atoms with Crippen LogP contribution >= 0.6 is 11.8 Å². The SMILES string of the molecule is COc1ccc(OC)c(C(=O)CSc2nnc(COc3ccccc3)o2)c1. The predicted octanol–water partition coefficient (Wildman–Crippen LogP) is 3.64. The molecule has 0 saturated carbocycles. The normalized spacial score (nSPS) is 10.4. The van der Waals surface area contributed by atoms with Crippen LogP contribution in [0.15, 0.2) is 58.2 Å². The fourth-order valence-electron chi connectivity index (χ4n) is 2.25. The van der Waals surface area contributed by atoms with E-state index in [2.05, 4.69) is 10.2 Å². The van der Waals surface area contributed by atoms with Gasteiger partial charge in [-0.1, -0.05) is 30.0 Å². The zero-order valence-corrected chi connectivity index (χ0v) is 15.7. The first kappa shape index (κ1) is 18.8. The number of methoxy groups -OCH3 is 2. The Labute approximate surface area is 160 Å². The number of benzene rings is 2. The molecule has 7 nitrogen and oxygen atoms in total. The standard InChI is InChI=1S/C19H18N2O5S/c1-23-14-8-9-17(24-2)15(10-14)16(22)12-27-19-21-20-18(26-19)11-25-13-6-4-3-5-7-13/h3-10H,11-12H2,1-2H3. The number of hydrogen-bond acceptors (Lipinski definition) is 8.